The first-order valence-electron chi connectivity index (χ1n) is 9.54. The van der Waals surface area contributed by atoms with E-state index < -0.39 is 0 Å². The highest BCUT2D eigenvalue weighted by Crippen LogP contribution is 2.22. The summed E-state index contributed by atoms with van der Waals surface area (Å²) in [6.45, 7) is 2.07. The molecule has 2 heterocycles. The van der Waals surface area contributed by atoms with Crippen molar-refractivity contribution in [1.82, 2.24) is 9.97 Å². The fourth-order valence-corrected chi connectivity index (χ4v) is 3.18. The van der Waals surface area contributed by atoms with Gasteiger partial charge in [-0.1, -0.05) is 42.5 Å². The summed E-state index contributed by atoms with van der Waals surface area (Å²) in [5.74, 6) is 1.04. The number of nitrogens with zero attached hydrogens (tertiary/aromatic N) is 2. The average Bonchev–Trinajstić information content (AvgIpc) is 3.26. The second-order valence-electron chi connectivity index (χ2n) is 6.82. The summed E-state index contributed by atoms with van der Waals surface area (Å²) < 4.78 is 18.8. The first-order valence-corrected chi connectivity index (χ1v) is 9.54. The Morgan fingerprint density at radius 1 is 1.00 bits per heavy atom. The SMILES string of the molecule is Fc1ccc(CNc2nc(NCC3CCCO3)cc(-c3ccccc3)n2)cc1. The Kier molecular flexibility index (Phi) is 5.77. The van der Waals surface area contributed by atoms with E-state index in [-0.39, 0.29) is 11.9 Å². The van der Waals surface area contributed by atoms with Crippen LogP contribution in [0.3, 0.4) is 0 Å². The molecule has 0 aliphatic carbocycles. The minimum atomic E-state index is -0.244. The lowest BCUT2D eigenvalue weighted by molar-refractivity contribution is 0.120. The molecule has 1 aliphatic rings. The van der Waals surface area contributed by atoms with Crippen LogP contribution in [0.4, 0.5) is 16.2 Å². The fraction of sp³-hybridized carbons (Fsp3) is 0.273. The number of benzene rings is 2. The molecule has 4 rings (SSSR count). The van der Waals surface area contributed by atoms with Crippen LogP contribution in [0.2, 0.25) is 0 Å². The molecule has 1 unspecified atom stereocenters. The predicted molar refractivity (Wildman–Crippen MR) is 109 cm³/mol. The number of halogens is 1. The molecule has 1 saturated heterocycles. The molecule has 1 atom stereocenters. The van der Waals surface area contributed by atoms with Gasteiger partial charge in [0.05, 0.1) is 11.8 Å². The topological polar surface area (TPSA) is 59.1 Å². The highest BCUT2D eigenvalue weighted by atomic mass is 19.1. The van der Waals surface area contributed by atoms with E-state index in [0.29, 0.717) is 12.5 Å². The predicted octanol–water partition coefficient (Wildman–Crippen LogP) is 4.49. The van der Waals surface area contributed by atoms with Crippen LogP contribution in [0, 0.1) is 5.82 Å². The molecule has 1 fully saturated rings. The molecule has 0 amide bonds. The van der Waals surface area contributed by atoms with E-state index >= 15 is 0 Å². The van der Waals surface area contributed by atoms with Gasteiger partial charge in [0.25, 0.3) is 0 Å². The number of rotatable bonds is 7. The Bertz CT molecular complexity index is 896. The van der Waals surface area contributed by atoms with Crippen LogP contribution in [-0.4, -0.2) is 29.2 Å². The molecule has 0 saturated carbocycles. The molecule has 0 spiro atoms. The molecule has 1 aliphatic heterocycles. The van der Waals surface area contributed by atoms with Crippen LogP contribution in [0.5, 0.6) is 0 Å². The Hall–Kier alpha value is -2.99. The first-order chi connectivity index (χ1) is 13.8. The van der Waals surface area contributed by atoms with E-state index in [0.717, 1.165) is 48.6 Å². The van der Waals surface area contributed by atoms with Crippen LogP contribution in [0.15, 0.2) is 60.7 Å². The third-order valence-corrected chi connectivity index (χ3v) is 4.69. The Morgan fingerprint density at radius 3 is 2.57 bits per heavy atom. The van der Waals surface area contributed by atoms with Crippen molar-refractivity contribution in [3.63, 3.8) is 0 Å². The number of ether oxygens (including phenoxy) is 1. The maximum Gasteiger partial charge on any atom is 0.225 e. The summed E-state index contributed by atoms with van der Waals surface area (Å²) in [6.07, 6.45) is 2.40. The van der Waals surface area contributed by atoms with Gasteiger partial charge in [0.1, 0.15) is 11.6 Å². The number of hydrogen-bond acceptors (Lipinski definition) is 5. The van der Waals surface area contributed by atoms with Gasteiger partial charge in [0, 0.05) is 31.3 Å². The van der Waals surface area contributed by atoms with E-state index in [4.69, 9.17) is 4.74 Å². The molecular formula is C22H23FN4O. The molecule has 1 aromatic heterocycles. The lowest BCUT2D eigenvalue weighted by Gasteiger charge is -2.14. The summed E-state index contributed by atoms with van der Waals surface area (Å²) in [5.41, 5.74) is 2.82. The minimum absolute atomic E-state index is 0.228. The van der Waals surface area contributed by atoms with Gasteiger partial charge in [0.15, 0.2) is 0 Å². The monoisotopic (exact) mass is 378 g/mol. The van der Waals surface area contributed by atoms with Crippen LogP contribution >= 0.6 is 0 Å². The summed E-state index contributed by atoms with van der Waals surface area (Å²) in [7, 11) is 0. The zero-order valence-electron chi connectivity index (χ0n) is 15.6. The molecule has 2 N–H and O–H groups in total. The molecule has 0 radical (unpaired) electrons. The van der Waals surface area contributed by atoms with Crippen molar-refractivity contribution in [2.24, 2.45) is 0 Å². The Morgan fingerprint density at radius 2 is 1.82 bits per heavy atom. The number of nitrogens with one attached hydrogen (secondary N) is 2. The van der Waals surface area contributed by atoms with Gasteiger partial charge in [-0.2, -0.15) is 4.98 Å². The van der Waals surface area contributed by atoms with Gasteiger partial charge in [-0.3, -0.25) is 0 Å². The average molecular weight is 378 g/mol. The first kappa shape index (κ1) is 18.4. The van der Waals surface area contributed by atoms with Crippen molar-refractivity contribution in [2.45, 2.75) is 25.5 Å². The van der Waals surface area contributed by atoms with Crippen LogP contribution < -0.4 is 10.6 Å². The lowest BCUT2D eigenvalue weighted by Crippen LogP contribution is -2.19. The van der Waals surface area contributed by atoms with E-state index in [1.807, 2.05) is 36.4 Å². The number of aromatic nitrogens is 2. The third kappa shape index (κ3) is 4.84. The van der Waals surface area contributed by atoms with Gasteiger partial charge >= 0.3 is 0 Å². The second-order valence-corrected chi connectivity index (χ2v) is 6.82. The summed E-state index contributed by atoms with van der Waals surface area (Å²) in [6, 6.07) is 18.4. The van der Waals surface area contributed by atoms with Gasteiger partial charge < -0.3 is 15.4 Å². The molecule has 5 nitrogen and oxygen atoms in total. The molecule has 0 bridgehead atoms. The normalized spacial score (nSPS) is 16.1. The van der Waals surface area contributed by atoms with Gasteiger partial charge in [-0.15, -0.1) is 0 Å². The van der Waals surface area contributed by atoms with Gasteiger partial charge in [-0.25, -0.2) is 9.37 Å². The lowest BCUT2D eigenvalue weighted by atomic mass is 10.1. The van der Waals surface area contributed by atoms with Gasteiger partial charge in [0.2, 0.25) is 5.95 Å². The van der Waals surface area contributed by atoms with Crippen LogP contribution in [0.1, 0.15) is 18.4 Å². The fourth-order valence-electron chi connectivity index (χ4n) is 3.18. The highest BCUT2D eigenvalue weighted by Gasteiger charge is 2.15. The van der Waals surface area contributed by atoms with E-state index in [9.17, 15) is 4.39 Å². The standard InChI is InChI=1S/C22H23FN4O/c23-18-10-8-16(9-11-18)14-25-22-26-20(17-5-2-1-3-6-17)13-21(27-22)24-15-19-7-4-12-28-19/h1-3,5-6,8-11,13,19H,4,7,12,14-15H2,(H2,24,25,26,27). The smallest absolute Gasteiger partial charge is 0.225 e. The number of anilines is 2. The van der Waals surface area contributed by atoms with Crippen LogP contribution in [-0.2, 0) is 11.3 Å². The summed E-state index contributed by atoms with van der Waals surface area (Å²) >= 11 is 0. The maximum absolute atomic E-state index is 13.1. The Labute approximate surface area is 164 Å². The molecule has 2 aromatic carbocycles. The molecular weight excluding hydrogens is 355 g/mol. The van der Waals surface area contributed by atoms with Crippen molar-refractivity contribution >= 4 is 11.8 Å². The van der Waals surface area contributed by atoms with Gasteiger partial charge in [-0.05, 0) is 30.5 Å². The molecule has 3 aromatic rings. The maximum atomic E-state index is 13.1. The quantitative estimate of drug-likeness (QED) is 0.635. The molecule has 6 heteroatoms. The van der Waals surface area contributed by atoms with Crippen molar-refractivity contribution in [2.75, 3.05) is 23.8 Å². The van der Waals surface area contributed by atoms with E-state index in [2.05, 4.69) is 20.6 Å². The largest absolute Gasteiger partial charge is 0.376 e. The van der Waals surface area contributed by atoms with Crippen molar-refractivity contribution < 1.29 is 9.13 Å². The van der Waals surface area contributed by atoms with E-state index in [1.54, 1.807) is 12.1 Å². The van der Waals surface area contributed by atoms with Crippen LogP contribution in [0.25, 0.3) is 11.3 Å². The minimum Gasteiger partial charge on any atom is -0.376 e. The third-order valence-electron chi connectivity index (χ3n) is 4.69. The zero-order chi connectivity index (χ0) is 19.2. The van der Waals surface area contributed by atoms with Crippen molar-refractivity contribution in [3.8, 4) is 11.3 Å². The highest BCUT2D eigenvalue weighted by molar-refractivity contribution is 5.64. The Balaban J connectivity index is 1.53. The summed E-state index contributed by atoms with van der Waals surface area (Å²) in [4.78, 5) is 9.24. The second kappa shape index (κ2) is 8.80. The molecule has 28 heavy (non-hydrogen) atoms. The number of hydrogen-bond donors (Lipinski definition) is 2. The van der Waals surface area contributed by atoms with E-state index in [1.165, 1.54) is 12.1 Å². The summed E-state index contributed by atoms with van der Waals surface area (Å²) in [5, 5.41) is 6.62. The van der Waals surface area contributed by atoms with Crippen molar-refractivity contribution in [1.29, 1.82) is 0 Å². The van der Waals surface area contributed by atoms with Crippen molar-refractivity contribution in [3.05, 3.63) is 72.0 Å². The zero-order valence-corrected chi connectivity index (χ0v) is 15.6. The molecule has 144 valence electrons.